The largest absolute Gasteiger partial charge is 0.506 e. The van der Waals surface area contributed by atoms with Crippen LogP contribution in [0, 0.1) is 6.07 Å². The number of anilines is 1. The number of nitrogens with zero attached hydrogens (tertiary/aromatic N) is 4. The van der Waals surface area contributed by atoms with E-state index in [1.807, 2.05) is 18.2 Å². The van der Waals surface area contributed by atoms with Crippen molar-refractivity contribution in [3.05, 3.63) is 118 Å². The second-order valence-electron chi connectivity index (χ2n) is 15.5. The third-order valence-electron chi connectivity index (χ3n) is 10.1. The number of phenols is 1. The van der Waals surface area contributed by atoms with E-state index in [-0.39, 0.29) is 49.7 Å². The summed E-state index contributed by atoms with van der Waals surface area (Å²) in [6.07, 6.45) is 1.75. The summed E-state index contributed by atoms with van der Waals surface area (Å²) in [7, 11) is 0. The van der Waals surface area contributed by atoms with Crippen LogP contribution in [0.5, 0.6) is 17.5 Å². The molecule has 0 saturated heterocycles. The van der Waals surface area contributed by atoms with Gasteiger partial charge in [-0.15, -0.1) is 17.7 Å². The summed E-state index contributed by atoms with van der Waals surface area (Å²) in [5.74, 6) is 2.27. The van der Waals surface area contributed by atoms with Gasteiger partial charge < -0.3 is 19.7 Å². The first-order chi connectivity index (χ1) is 22.8. The number of hydrogen-bond donors (Lipinski definition) is 1. The number of aromatic nitrogens is 2. The number of phenolic OH excluding ortho intramolecular Hbond substituents is 1. The van der Waals surface area contributed by atoms with Crippen molar-refractivity contribution < 1.29 is 30.9 Å². The Balaban J connectivity index is 0.00000417. The molecular formula is C42H45N4O2Pt-. The van der Waals surface area contributed by atoms with Crippen LogP contribution in [-0.4, -0.2) is 27.0 Å². The Morgan fingerprint density at radius 2 is 1.59 bits per heavy atom. The predicted octanol–water partition coefficient (Wildman–Crippen LogP) is 10.1. The standard InChI is InChI=1S/C42H45N4O2.Pt/c1-24(2)29-14-12-15-30(25(3)4)38(29)46-39-37(31-13-10-11-16-32(31)42(39,8)9)45-40(46)27-19-20-43-35(22-27)48-34-18-17-26-21-28(41(5,6)7)23-33(47)36(26)44-34;/h10-21,23-25,37,39,47H,1-9H3;/q-1;/t37-,39-;/m0./s1. The van der Waals surface area contributed by atoms with Crippen LogP contribution in [0.2, 0.25) is 0 Å². The van der Waals surface area contributed by atoms with E-state index in [4.69, 9.17) is 9.73 Å². The molecule has 7 heteroatoms. The van der Waals surface area contributed by atoms with Crippen molar-refractivity contribution >= 4 is 22.4 Å². The fourth-order valence-corrected chi connectivity index (χ4v) is 7.57. The second kappa shape index (κ2) is 12.7. The van der Waals surface area contributed by atoms with Crippen LogP contribution >= 0.6 is 0 Å². The van der Waals surface area contributed by atoms with Crippen LogP contribution in [0.15, 0.2) is 84.0 Å². The Bertz CT molecular complexity index is 2050. The number of amidine groups is 1. The molecule has 0 spiro atoms. The summed E-state index contributed by atoms with van der Waals surface area (Å²) in [6.45, 7) is 20.2. The number of ether oxygens (including phenoxy) is 1. The maximum atomic E-state index is 10.9. The molecule has 1 N–H and O–H groups in total. The van der Waals surface area contributed by atoms with Gasteiger partial charge in [-0.05, 0) is 69.5 Å². The monoisotopic (exact) mass is 832 g/mol. The molecule has 0 saturated carbocycles. The average Bonchev–Trinajstić information content (AvgIpc) is 3.54. The van der Waals surface area contributed by atoms with Gasteiger partial charge >= 0.3 is 0 Å². The molecule has 6 nitrogen and oxygen atoms in total. The molecule has 0 amide bonds. The Hall–Kier alpha value is -4.02. The van der Waals surface area contributed by atoms with E-state index in [2.05, 4.69) is 132 Å². The van der Waals surface area contributed by atoms with E-state index in [0.717, 1.165) is 22.3 Å². The van der Waals surface area contributed by atoms with Gasteiger partial charge in [-0.3, -0.25) is 0 Å². The smallest absolute Gasteiger partial charge is 0.220 e. The molecule has 2 aromatic heterocycles. The average molecular weight is 833 g/mol. The molecule has 7 rings (SSSR count). The summed E-state index contributed by atoms with van der Waals surface area (Å²) < 4.78 is 6.23. The molecule has 2 atom stereocenters. The van der Waals surface area contributed by atoms with E-state index < -0.39 is 0 Å². The minimum atomic E-state index is -0.166. The van der Waals surface area contributed by atoms with Gasteiger partial charge in [0.15, 0.2) is 5.88 Å². The van der Waals surface area contributed by atoms with Crippen LogP contribution in [0.3, 0.4) is 0 Å². The molecular weight excluding hydrogens is 788 g/mol. The molecule has 0 bridgehead atoms. The molecule has 5 aromatic rings. The maximum absolute atomic E-state index is 10.9. The first-order valence-corrected chi connectivity index (χ1v) is 17.1. The Morgan fingerprint density at radius 3 is 2.27 bits per heavy atom. The van der Waals surface area contributed by atoms with Gasteiger partial charge in [0, 0.05) is 49.5 Å². The van der Waals surface area contributed by atoms with Gasteiger partial charge in [0.25, 0.3) is 0 Å². The molecule has 3 aromatic carbocycles. The van der Waals surface area contributed by atoms with E-state index in [1.165, 1.54) is 27.9 Å². The van der Waals surface area contributed by atoms with Crippen LogP contribution in [0.4, 0.5) is 5.69 Å². The van der Waals surface area contributed by atoms with Gasteiger partial charge in [-0.2, -0.15) is 0 Å². The van der Waals surface area contributed by atoms with E-state index in [9.17, 15) is 5.11 Å². The summed E-state index contributed by atoms with van der Waals surface area (Å²) in [6, 6.07) is 28.6. The van der Waals surface area contributed by atoms with Crippen molar-refractivity contribution in [3.8, 4) is 17.5 Å². The van der Waals surface area contributed by atoms with Crippen LogP contribution in [0.25, 0.3) is 10.9 Å². The number of para-hydroxylation sites is 1. The SMILES string of the molecule is CC(C)c1cccc(C(C)C)c1N1C(c2[c-]c(Oc3ccc4cc(C(C)(C)C)cc(O)c4n3)ncc2)=N[C@H]2c3ccccc3C(C)(C)[C@H]21.[Pt]. The van der Waals surface area contributed by atoms with Gasteiger partial charge in [-0.25, -0.2) is 9.97 Å². The number of rotatable bonds is 6. The van der Waals surface area contributed by atoms with Gasteiger partial charge in [0.1, 0.15) is 11.3 Å². The normalized spacial score (nSPS) is 18.0. The number of pyridine rings is 2. The van der Waals surface area contributed by atoms with Crippen molar-refractivity contribution in [3.63, 3.8) is 0 Å². The first kappa shape index (κ1) is 34.8. The van der Waals surface area contributed by atoms with Crippen molar-refractivity contribution in [1.82, 2.24) is 9.97 Å². The van der Waals surface area contributed by atoms with Crippen molar-refractivity contribution in [2.75, 3.05) is 4.90 Å². The Kier molecular flexibility index (Phi) is 9.03. The van der Waals surface area contributed by atoms with Gasteiger partial charge in [0.05, 0.1) is 12.1 Å². The number of aliphatic imine (C=N–C) groups is 1. The van der Waals surface area contributed by atoms with Crippen LogP contribution < -0.4 is 9.64 Å². The van der Waals surface area contributed by atoms with Crippen molar-refractivity contribution in [2.24, 2.45) is 4.99 Å². The Morgan fingerprint density at radius 1 is 0.898 bits per heavy atom. The fraction of sp³-hybridized carbons (Fsp3) is 0.357. The molecule has 0 fully saturated rings. The Labute approximate surface area is 305 Å². The maximum Gasteiger partial charge on any atom is 0.220 e. The first-order valence-electron chi connectivity index (χ1n) is 17.1. The zero-order valence-corrected chi connectivity index (χ0v) is 32.0. The summed E-state index contributed by atoms with van der Waals surface area (Å²) >= 11 is 0. The molecule has 0 radical (unpaired) electrons. The summed E-state index contributed by atoms with van der Waals surface area (Å²) in [5, 5.41) is 11.7. The molecule has 256 valence electrons. The van der Waals surface area contributed by atoms with E-state index in [0.29, 0.717) is 29.1 Å². The van der Waals surface area contributed by atoms with Crippen LogP contribution in [-0.2, 0) is 31.9 Å². The predicted molar refractivity (Wildman–Crippen MR) is 195 cm³/mol. The molecule has 3 heterocycles. The second-order valence-corrected chi connectivity index (χ2v) is 15.5. The number of benzene rings is 3. The van der Waals surface area contributed by atoms with Crippen LogP contribution in [0.1, 0.15) is 114 Å². The zero-order chi connectivity index (χ0) is 34.1. The van der Waals surface area contributed by atoms with Gasteiger partial charge in [0.2, 0.25) is 5.88 Å². The molecule has 49 heavy (non-hydrogen) atoms. The van der Waals surface area contributed by atoms with Crippen molar-refractivity contribution in [1.29, 1.82) is 0 Å². The summed E-state index contributed by atoms with van der Waals surface area (Å²) in [5.41, 5.74) is 8.57. The minimum Gasteiger partial charge on any atom is -0.506 e. The minimum absolute atomic E-state index is 0. The molecule has 2 aliphatic rings. The zero-order valence-electron chi connectivity index (χ0n) is 29.8. The number of hydrogen-bond acceptors (Lipinski definition) is 6. The third-order valence-corrected chi connectivity index (χ3v) is 10.1. The number of aromatic hydroxyl groups is 1. The topological polar surface area (TPSA) is 70.8 Å². The van der Waals surface area contributed by atoms with E-state index in [1.54, 1.807) is 12.3 Å². The number of fused-ring (bicyclic) bond motifs is 4. The fourth-order valence-electron chi connectivity index (χ4n) is 7.57. The molecule has 0 unspecified atom stereocenters. The van der Waals surface area contributed by atoms with Crippen molar-refractivity contribution in [2.45, 2.75) is 97.1 Å². The van der Waals surface area contributed by atoms with E-state index >= 15 is 0 Å². The quantitative estimate of drug-likeness (QED) is 0.173. The summed E-state index contributed by atoms with van der Waals surface area (Å²) in [4.78, 5) is 17.2. The third kappa shape index (κ3) is 5.97. The van der Waals surface area contributed by atoms with Gasteiger partial charge in [-0.1, -0.05) is 105 Å². The molecule has 1 aliphatic heterocycles. The molecule has 1 aliphatic carbocycles.